The van der Waals surface area contributed by atoms with E-state index in [4.69, 9.17) is 19.2 Å². The minimum Gasteiger partial charge on any atom is -0.493 e. The number of ether oxygens (including phenoxy) is 3. The van der Waals surface area contributed by atoms with Crippen LogP contribution in [0.15, 0.2) is 48.7 Å². The predicted octanol–water partition coefficient (Wildman–Crippen LogP) is 4.33. The third kappa shape index (κ3) is 3.76. The van der Waals surface area contributed by atoms with E-state index < -0.39 is 0 Å². The zero-order chi connectivity index (χ0) is 20.2. The molecule has 1 aliphatic rings. The SMILES string of the molecule is COc1cc(Nc2ccnc(N3CCCc4ccccc43)n2)cc(OC)c1OC. The van der Waals surface area contributed by atoms with Gasteiger partial charge in [-0.2, -0.15) is 4.98 Å². The second kappa shape index (κ2) is 8.26. The summed E-state index contributed by atoms with van der Waals surface area (Å²) in [7, 11) is 4.77. The van der Waals surface area contributed by atoms with Gasteiger partial charge in [0, 0.05) is 36.2 Å². The van der Waals surface area contributed by atoms with E-state index in [-0.39, 0.29) is 0 Å². The number of hydrogen-bond acceptors (Lipinski definition) is 7. The zero-order valence-electron chi connectivity index (χ0n) is 16.8. The third-order valence-electron chi connectivity index (χ3n) is 4.93. The highest BCUT2D eigenvalue weighted by Crippen LogP contribution is 2.40. The Morgan fingerprint density at radius 2 is 1.72 bits per heavy atom. The molecule has 1 N–H and O–H groups in total. The Hall–Kier alpha value is -3.48. The molecule has 3 aromatic rings. The van der Waals surface area contributed by atoms with Gasteiger partial charge in [0.15, 0.2) is 11.5 Å². The van der Waals surface area contributed by atoms with Gasteiger partial charge in [-0.15, -0.1) is 0 Å². The average molecular weight is 392 g/mol. The molecule has 4 rings (SSSR count). The number of hydrogen-bond donors (Lipinski definition) is 1. The summed E-state index contributed by atoms with van der Waals surface area (Å²) in [5.74, 6) is 3.07. The molecule has 0 saturated heterocycles. The number of aromatic nitrogens is 2. The highest BCUT2D eigenvalue weighted by atomic mass is 16.5. The van der Waals surface area contributed by atoms with Crippen molar-refractivity contribution in [3.05, 3.63) is 54.2 Å². The molecule has 1 aromatic heterocycles. The highest BCUT2D eigenvalue weighted by Gasteiger charge is 2.20. The largest absolute Gasteiger partial charge is 0.493 e. The Morgan fingerprint density at radius 1 is 0.966 bits per heavy atom. The molecule has 0 fully saturated rings. The second-order valence-electron chi connectivity index (χ2n) is 6.66. The van der Waals surface area contributed by atoms with Gasteiger partial charge in [0.25, 0.3) is 0 Å². The predicted molar refractivity (Wildman–Crippen MR) is 113 cm³/mol. The molecule has 0 amide bonds. The minimum atomic E-state index is 0.550. The highest BCUT2D eigenvalue weighted by molar-refractivity contribution is 5.68. The average Bonchev–Trinajstić information content (AvgIpc) is 2.78. The van der Waals surface area contributed by atoms with Crippen molar-refractivity contribution < 1.29 is 14.2 Å². The summed E-state index contributed by atoms with van der Waals surface area (Å²) in [5, 5.41) is 3.31. The number of aryl methyl sites for hydroxylation is 1. The second-order valence-corrected chi connectivity index (χ2v) is 6.66. The fourth-order valence-electron chi connectivity index (χ4n) is 3.59. The van der Waals surface area contributed by atoms with Crippen LogP contribution in [0.25, 0.3) is 0 Å². The minimum absolute atomic E-state index is 0.550. The molecule has 0 unspecified atom stereocenters. The molecule has 0 saturated carbocycles. The summed E-state index contributed by atoms with van der Waals surface area (Å²) in [6.07, 6.45) is 3.92. The van der Waals surface area contributed by atoms with Gasteiger partial charge in [-0.3, -0.25) is 0 Å². The van der Waals surface area contributed by atoms with Gasteiger partial charge in [-0.1, -0.05) is 18.2 Å². The maximum atomic E-state index is 5.43. The number of nitrogens with zero attached hydrogens (tertiary/aromatic N) is 3. The lowest BCUT2D eigenvalue weighted by Gasteiger charge is -2.29. The van der Waals surface area contributed by atoms with Gasteiger partial charge in [-0.25, -0.2) is 4.98 Å². The number of benzene rings is 2. The van der Waals surface area contributed by atoms with Crippen LogP contribution in [0.4, 0.5) is 23.1 Å². The molecular formula is C22H24N4O3. The standard InChI is InChI=1S/C22H24N4O3/c1-27-18-13-16(14-19(28-2)21(18)29-3)24-20-10-11-23-22(25-20)26-12-6-8-15-7-4-5-9-17(15)26/h4-5,7,9-11,13-14H,6,8,12H2,1-3H3,(H,23,24,25). The Kier molecular flexibility index (Phi) is 5.37. The molecule has 1 aliphatic heterocycles. The van der Waals surface area contributed by atoms with Crippen LogP contribution in [0.2, 0.25) is 0 Å². The van der Waals surface area contributed by atoms with E-state index in [0.717, 1.165) is 25.1 Å². The molecule has 2 aromatic carbocycles. The third-order valence-corrected chi connectivity index (χ3v) is 4.93. The fraction of sp³-hybridized carbons (Fsp3) is 0.273. The Bertz CT molecular complexity index is 984. The van der Waals surface area contributed by atoms with E-state index >= 15 is 0 Å². The Balaban J connectivity index is 1.64. The number of methoxy groups -OCH3 is 3. The van der Waals surface area contributed by atoms with E-state index in [2.05, 4.69) is 39.5 Å². The molecule has 29 heavy (non-hydrogen) atoms. The van der Waals surface area contributed by atoms with E-state index in [1.54, 1.807) is 27.5 Å². The van der Waals surface area contributed by atoms with Crippen LogP contribution in [0.3, 0.4) is 0 Å². The van der Waals surface area contributed by atoms with Crippen LogP contribution in [0.5, 0.6) is 17.2 Å². The summed E-state index contributed by atoms with van der Waals surface area (Å²) in [6.45, 7) is 0.894. The van der Waals surface area contributed by atoms with Gasteiger partial charge in [0.05, 0.1) is 21.3 Å². The van der Waals surface area contributed by atoms with Crippen molar-refractivity contribution in [2.75, 3.05) is 38.1 Å². The van der Waals surface area contributed by atoms with Crippen molar-refractivity contribution in [3.8, 4) is 17.2 Å². The number of nitrogens with one attached hydrogen (secondary N) is 1. The lowest BCUT2D eigenvalue weighted by molar-refractivity contribution is 0.324. The summed E-state index contributed by atoms with van der Waals surface area (Å²) in [5.41, 5.74) is 3.28. The summed E-state index contributed by atoms with van der Waals surface area (Å²) >= 11 is 0. The van der Waals surface area contributed by atoms with Crippen LogP contribution in [-0.4, -0.2) is 37.8 Å². The maximum Gasteiger partial charge on any atom is 0.231 e. The van der Waals surface area contributed by atoms with Crippen LogP contribution in [-0.2, 0) is 6.42 Å². The summed E-state index contributed by atoms with van der Waals surface area (Å²) in [6, 6.07) is 13.9. The quantitative estimate of drug-likeness (QED) is 0.669. The normalized spacial score (nSPS) is 12.9. The summed E-state index contributed by atoms with van der Waals surface area (Å²) < 4.78 is 16.2. The van der Waals surface area contributed by atoms with Gasteiger partial charge in [-0.05, 0) is 30.5 Å². The molecule has 2 heterocycles. The van der Waals surface area contributed by atoms with Crippen molar-refractivity contribution in [3.63, 3.8) is 0 Å². The van der Waals surface area contributed by atoms with Crippen LogP contribution in [0.1, 0.15) is 12.0 Å². The first kappa shape index (κ1) is 18.9. The first-order valence-electron chi connectivity index (χ1n) is 9.49. The van der Waals surface area contributed by atoms with E-state index in [1.165, 1.54) is 11.3 Å². The van der Waals surface area contributed by atoms with Crippen LogP contribution in [0, 0.1) is 0 Å². The fourth-order valence-corrected chi connectivity index (χ4v) is 3.59. The monoisotopic (exact) mass is 392 g/mol. The molecule has 7 heteroatoms. The lowest BCUT2D eigenvalue weighted by atomic mass is 10.0. The molecular weight excluding hydrogens is 368 g/mol. The van der Waals surface area contributed by atoms with Gasteiger partial charge >= 0.3 is 0 Å². The van der Waals surface area contributed by atoms with Crippen molar-refractivity contribution in [1.29, 1.82) is 0 Å². The van der Waals surface area contributed by atoms with Crippen molar-refractivity contribution >= 4 is 23.1 Å². The molecule has 0 aliphatic carbocycles. The van der Waals surface area contributed by atoms with Crippen LogP contribution < -0.4 is 24.4 Å². The van der Waals surface area contributed by atoms with Gasteiger partial charge < -0.3 is 24.4 Å². The molecule has 0 atom stereocenters. The summed E-state index contributed by atoms with van der Waals surface area (Å²) in [4.78, 5) is 11.4. The Morgan fingerprint density at radius 3 is 2.45 bits per heavy atom. The lowest BCUT2D eigenvalue weighted by Crippen LogP contribution is -2.26. The van der Waals surface area contributed by atoms with E-state index in [0.29, 0.717) is 29.0 Å². The smallest absolute Gasteiger partial charge is 0.231 e. The number of rotatable bonds is 6. The topological polar surface area (TPSA) is 68.7 Å². The zero-order valence-corrected chi connectivity index (χ0v) is 16.8. The first-order chi connectivity index (χ1) is 14.2. The Labute approximate surface area is 170 Å². The van der Waals surface area contributed by atoms with Crippen molar-refractivity contribution in [1.82, 2.24) is 9.97 Å². The number of anilines is 4. The maximum absolute atomic E-state index is 5.43. The van der Waals surface area contributed by atoms with E-state index in [9.17, 15) is 0 Å². The first-order valence-corrected chi connectivity index (χ1v) is 9.49. The number of para-hydroxylation sites is 1. The van der Waals surface area contributed by atoms with Crippen molar-refractivity contribution in [2.24, 2.45) is 0 Å². The van der Waals surface area contributed by atoms with Gasteiger partial charge in [0.2, 0.25) is 11.7 Å². The molecule has 0 bridgehead atoms. The van der Waals surface area contributed by atoms with E-state index in [1.807, 2.05) is 18.2 Å². The van der Waals surface area contributed by atoms with Crippen molar-refractivity contribution in [2.45, 2.75) is 12.8 Å². The molecule has 0 radical (unpaired) electrons. The molecule has 0 spiro atoms. The van der Waals surface area contributed by atoms with Crippen LogP contribution >= 0.6 is 0 Å². The number of fused-ring (bicyclic) bond motifs is 1. The van der Waals surface area contributed by atoms with Gasteiger partial charge in [0.1, 0.15) is 5.82 Å². The molecule has 7 nitrogen and oxygen atoms in total. The molecule has 150 valence electrons.